The minimum Gasteiger partial charge on any atom is -0.508 e. The fraction of sp³-hybridized carbons (Fsp3) is 0.667. The Bertz CT molecular complexity index is 209. The zero-order valence-corrected chi connectivity index (χ0v) is 9.52. The van der Waals surface area contributed by atoms with Crippen LogP contribution < -0.4 is 0 Å². The molecule has 0 radical (unpaired) electrons. The summed E-state index contributed by atoms with van der Waals surface area (Å²) in [6, 6.07) is 0. The third-order valence-corrected chi connectivity index (χ3v) is 2.06. The summed E-state index contributed by atoms with van der Waals surface area (Å²) in [4.78, 5) is 0. The van der Waals surface area contributed by atoms with Crippen LogP contribution in [-0.4, -0.2) is 5.11 Å². The molecule has 76 valence electrons. The molecule has 0 atom stereocenters. The molecule has 0 heterocycles. The topological polar surface area (TPSA) is 20.2 Å². The second-order valence-electron chi connectivity index (χ2n) is 4.39. The molecular weight excluding hydrogens is 160 g/mol. The second kappa shape index (κ2) is 5.11. The van der Waals surface area contributed by atoms with Crippen LogP contribution in [0.1, 0.15) is 41.0 Å². The summed E-state index contributed by atoms with van der Waals surface area (Å²) < 4.78 is 0. The Morgan fingerprint density at radius 1 is 1.23 bits per heavy atom. The van der Waals surface area contributed by atoms with Gasteiger partial charge in [-0.15, -0.1) is 0 Å². The van der Waals surface area contributed by atoms with Crippen molar-refractivity contribution in [2.75, 3.05) is 0 Å². The van der Waals surface area contributed by atoms with E-state index in [0.717, 1.165) is 12.0 Å². The fourth-order valence-electron chi connectivity index (χ4n) is 1.79. The second-order valence-corrected chi connectivity index (χ2v) is 4.39. The molecule has 1 heteroatoms. The van der Waals surface area contributed by atoms with Crippen molar-refractivity contribution in [1.82, 2.24) is 0 Å². The first-order valence-corrected chi connectivity index (χ1v) is 4.94. The average Bonchev–Trinajstić information content (AvgIpc) is 1.81. The van der Waals surface area contributed by atoms with Gasteiger partial charge in [-0.3, -0.25) is 0 Å². The molecule has 0 bridgehead atoms. The monoisotopic (exact) mass is 182 g/mol. The first kappa shape index (κ1) is 12.3. The van der Waals surface area contributed by atoms with E-state index in [1.165, 1.54) is 5.57 Å². The first-order valence-electron chi connectivity index (χ1n) is 4.94. The van der Waals surface area contributed by atoms with Crippen LogP contribution in [0.4, 0.5) is 0 Å². The number of aliphatic hydroxyl groups is 1. The quantitative estimate of drug-likeness (QED) is 0.513. The van der Waals surface area contributed by atoms with Crippen LogP contribution in [0.15, 0.2) is 23.5 Å². The van der Waals surface area contributed by atoms with Gasteiger partial charge in [0.15, 0.2) is 0 Å². The molecule has 0 saturated carbocycles. The normalized spacial score (nSPS) is 13.5. The van der Waals surface area contributed by atoms with Gasteiger partial charge in [0, 0.05) is 0 Å². The highest BCUT2D eigenvalue weighted by Crippen LogP contribution is 2.24. The first-order chi connectivity index (χ1) is 5.86. The van der Waals surface area contributed by atoms with Crippen LogP contribution in [0.2, 0.25) is 0 Å². The van der Waals surface area contributed by atoms with Crippen molar-refractivity contribution in [1.29, 1.82) is 0 Å². The molecular formula is C12H22O. The summed E-state index contributed by atoms with van der Waals surface area (Å²) in [7, 11) is 0. The molecule has 0 rings (SSSR count). The highest BCUT2D eigenvalue weighted by Gasteiger charge is 2.11. The van der Waals surface area contributed by atoms with E-state index in [0.29, 0.717) is 11.8 Å². The number of allylic oxidation sites excluding steroid dienone is 2. The van der Waals surface area contributed by atoms with Crippen LogP contribution in [0.25, 0.3) is 0 Å². The van der Waals surface area contributed by atoms with E-state index in [2.05, 4.69) is 41.2 Å². The molecule has 0 fully saturated rings. The third-order valence-electron chi connectivity index (χ3n) is 2.06. The lowest BCUT2D eigenvalue weighted by molar-refractivity contribution is 0.410. The van der Waals surface area contributed by atoms with Gasteiger partial charge in [0.25, 0.3) is 0 Å². The predicted molar refractivity (Wildman–Crippen MR) is 58.8 cm³/mol. The van der Waals surface area contributed by atoms with Gasteiger partial charge in [-0.25, -0.2) is 0 Å². The standard InChI is InChI=1S/C12H22O/c1-8(2)7-10(5)12(9(3)4)11(6)13/h8-9,13H,6-7H2,1-5H3/b12-10-. The summed E-state index contributed by atoms with van der Waals surface area (Å²) >= 11 is 0. The van der Waals surface area contributed by atoms with Crippen molar-refractivity contribution in [3.63, 3.8) is 0 Å². The minimum atomic E-state index is 0.230. The SMILES string of the molecule is C=C(O)/C(=C(/C)CC(C)C)C(C)C. The van der Waals surface area contributed by atoms with Crippen LogP contribution >= 0.6 is 0 Å². The number of rotatable bonds is 4. The van der Waals surface area contributed by atoms with Crippen LogP contribution in [-0.2, 0) is 0 Å². The number of hydrogen-bond acceptors (Lipinski definition) is 1. The van der Waals surface area contributed by atoms with Crippen LogP contribution in [0.3, 0.4) is 0 Å². The molecule has 0 unspecified atom stereocenters. The highest BCUT2D eigenvalue weighted by atomic mass is 16.3. The van der Waals surface area contributed by atoms with Gasteiger partial charge in [-0.05, 0) is 30.8 Å². The molecule has 0 aromatic rings. The van der Waals surface area contributed by atoms with E-state index in [4.69, 9.17) is 0 Å². The lowest BCUT2D eigenvalue weighted by atomic mass is 9.92. The molecule has 0 saturated heterocycles. The van der Waals surface area contributed by atoms with Crippen molar-refractivity contribution in [2.45, 2.75) is 41.0 Å². The summed E-state index contributed by atoms with van der Waals surface area (Å²) in [6.07, 6.45) is 1.03. The highest BCUT2D eigenvalue weighted by molar-refractivity contribution is 5.29. The summed E-state index contributed by atoms with van der Waals surface area (Å²) in [5.74, 6) is 1.22. The Hall–Kier alpha value is -0.720. The van der Waals surface area contributed by atoms with Gasteiger partial charge in [-0.1, -0.05) is 39.8 Å². The smallest absolute Gasteiger partial charge is 0.111 e. The Labute approximate surface area is 82.2 Å². The summed E-state index contributed by atoms with van der Waals surface area (Å²) in [6.45, 7) is 14.2. The third kappa shape index (κ3) is 4.16. The van der Waals surface area contributed by atoms with Crippen LogP contribution in [0.5, 0.6) is 0 Å². The molecule has 1 nitrogen and oxygen atoms in total. The van der Waals surface area contributed by atoms with Crippen molar-refractivity contribution < 1.29 is 5.11 Å². The van der Waals surface area contributed by atoms with Crippen molar-refractivity contribution in [3.8, 4) is 0 Å². The van der Waals surface area contributed by atoms with Crippen LogP contribution in [0, 0.1) is 11.8 Å². The zero-order valence-electron chi connectivity index (χ0n) is 9.52. The van der Waals surface area contributed by atoms with Gasteiger partial charge in [-0.2, -0.15) is 0 Å². The van der Waals surface area contributed by atoms with Gasteiger partial charge in [0.05, 0.1) is 0 Å². The Kier molecular flexibility index (Phi) is 4.82. The molecule has 0 aromatic carbocycles. The zero-order chi connectivity index (χ0) is 10.6. The molecule has 0 spiro atoms. The molecule has 0 aliphatic rings. The van der Waals surface area contributed by atoms with Gasteiger partial charge >= 0.3 is 0 Å². The Balaban J connectivity index is 4.76. The molecule has 0 aromatic heterocycles. The largest absolute Gasteiger partial charge is 0.508 e. The summed E-state index contributed by atoms with van der Waals surface area (Å²) in [5, 5.41) is 9.41. The van der Waals surface area contributed by atoms with Gasteiger partial charge < -0.3 is 5.11 Å². The van der Waals surface area contributed by atoms with Gasteiger partial charge in [0.2, 0.25) is 0 Å². The lowest BCUT2D eigenvalue weighted by Gasteiger charge is -2.16. The lowest BCUT2D eigenvalue weighted by Crippen LogP contribution is -2.02. The predicted octanol–water partition coefficient (Wildman–Crippen LogP) is 4.08. The minimum absolute atomic E-state index is 0.230. The van der Waals surface area contributed by atoms with E-state index in [1.807, 2.05) is 0 Å². The van der Waals surface area contributed by atoms with E-state index in [1.54, 1.807) is 0 Å². The molecule has 0 aliphatic heterocycles. The Morgan fingerprint density at radius 2 is 1.69 bits per heavy atom. The van der Waals surface area contributed by atoms with Crippen molar-refractivity contribution in [2.24, 2.45) is 11.8 Å². The molecule has 0 amide bonds. The Morgan fingerprint density at radius 3 is 1.92 bits per heavy atom. The maximum absolute atomic E-state index is 9.41. The number of aliphatic hydroxyl groups excluding tert-OH is 1. The van der Waals surface area contributed by atoms with Crippen molar-refractivity contribution in [3.05, 3.63) is 23.5 Å². The molecule has 13 heavy (non-hydrogen) atoms. The average molecular weight is 182 g/mol. The fourth-order valence-corrected chi connectivity index (χ4v) is 1.79. The maximum atomic E-state index is 9.41. The summed E-state index contributed by atoms with van der Waals surface area (Å²) in [5.41, 5.74) is 2.28. The molecule has 0 aliphatic carbocycles. The number of hydrogen-bond donors (Lipinski definition) is 1. The van der Waals surface area contributed by atoms with Gasteiger partial charge in [0.1, 0.15) is 5.76 Å². The van der Waals surface area contributed by atoms with E-state index in [9.17, 15) is 5.11 Å². The van der Waals surface area contributed by atoms with E-state index < -0.39 is 0 Å². The maximum Gasteiger partial charge on any atom is 0.111 e. The van der Waals surface area contributed by atoms with E-state index in [-0.39, 0.29) is 5.76 Å². The van der Waals surface area contributed by atoms with E-state index >= 15 is 0 Å². The van der Waals surface area contributed by atoms with Crippen molar-refractivity contribution >= 4 is 0 Å². The molecule has 1 N–H and O–H groups in total.